The van der Waals surface area contributed by atoms with Crippen molar-refractivity contribution in [3.05, 3.63) is 48.0 Å². The van der Waals surface area contributed by atoms with E-state index >= 15 is 0 Å². The fourth-order valence-electron chi connectivity index (χ4n) is 3.01. The molecule has 21 heavy (non-hydrogen) atoms. The predicted molar refractivity (Wildman–Crippen MR) is 79.2 cm³/mol. The van der Waals surface area contributed by atoms with Crippen LogP contribution in [0.2, 0.25) is 0 Å². The van der Waals surface area contributed by atoms with Gasteiger partial charge in [-0.3, -0.25) is 0 Å². The number of aromatic nitrogens is 3. The van der Waals surface area contributed by atoms with Crippen molar-refractivity contribution in [2.24, 2.45) is 5.73 Å². The molecule has 3 aromatic rings. The Balaban J connectivity index is 1.96. The highest BCUT2D eigenvalue weighted by molar-refractivity contribution is 5.95. The average molecular weight is 282 g/mol. The van der Waals surface area contributed by atoms with Gasteiger partial charge in [0.1, 0.15) is 11.6 Å². The zero-order valence-electron chi connectivity index (χ0n) is 11.5. The maximum atomic E-state index is 13.9. The van der Waals surface area contributed by atoms with E-state index in [1.807, 2.05) is 18.2 Å². The zero-order valence-corrected chi connectivity index (χ0v) is 11.5. The Hall–Kier alpha value is -2.27. The molecule has 1 aliphatic heterocycles. The summed E-state index contributed by atoms with van der Waals surface area (Å²) in [7, 11) is 0. The Bertz CT molecular complexity index is 824. The lowest BCUT2D eigenvalue weighted by Gasteiger charge is -2.21. The van der Waals surface area contributed by atoms with Gasteiger partial charge in [-0.2, -0.15) is 0 Å². The fraction of sp³-hybridized carbons (Fsp3) is 0.250. The van der Waals surface area contributed by atoms with Crippen LogP contribution in [0.4, 0.5) is 4.39 Å². The molecular formula is C16H15FN4. The summed E-state index contributed by atoms with van der Waals surface area (Å²) in [5, 5.41) is 10.0. The number of hydrogen-bond donors (Lipinski definition) is 1. The monoisotopic (exact) mass is 282 g/mol. The number of aryl methyl sites for hydroxylation is 1. The number of benzene rings is 2. The van der Waals surface area contributed by atoms with Crippen LogP contribution in [0.25, 0.3) is 22.2 Å². The molecule has 5 heteroatoms. The maximum Gasteiger partial charge on any atom is 0.164 e. The molecule has 0 fully saturated rings. The second-order valence-corrected chi connectivity index (χ2v) is 5.49. The first-order chi connectivity index (χ1) is 10.2. The Labute approximate surface area is 121 Å². The summed E-state index contributed by atoms with van der Waals surface area (Å²) in [6, 6.07) is 10.8. The van der Waals surface area contributed by atoms with Crippen molar-refractivity contribution in [3.8, 4) is 11.4 Å². The topological polar surface area (TPSA) is 56.7 Å². The lowest BCUT2D eigenvalue weighted by Crippen LogP contribution is -2.32. The molecular weight excluding hydrogens is 267 g/mol. The molecule has 1 aliphatic rings. The van der Waals surface area contributed by atoms with E-state index in [4.69, 9.17) is 5.73 Å². The Morgan fingerprint density at radius 3 is 2.76 bits per heavy atom. The molecule has 0 saturated heterocycles. The standard InChI is InChI=1S/C16H15FN4/c17-14-7-6-13(11-3-1-2-4-12(11)14)16-20-19-15-8-5-10(18)9-21(15)16/h1-4,6-7,10H,5,8-9,18H2. The van der Waals surface area contributed by atoms with Crippen molar-refractivity contribution >= 4 is 10.8 Å². The average Bonchev–Trinajstić information content (AvgIpc) is 2.91. The van der Waals surface area contributed by atoms with Gasteiger partial charge in [-0.1, -0.05) is 24.3 Å². The number of halogens is 1. The van der Waals surface area contributed by atoms with Gasteiger partial charge in [-0.15, -0.1) is 10.2 Å². The van der Waals surface area contributed by atoms with E-state index in [1.54, 1.807) is 12.1 Å². The number of fused-ring (bicyclic) bond motifs is 2. The SMILES string of the molecule is NC1CCc2nnc(-c3ccc(F)c4ccccc34)n2C1. The lowest BCUT2D eigenvalue weighted by atomic mass is 10.0. The van der Waals surface area contributed by atoms with Gasteiger partial charge in [0, 0.05) is 30.0 Å². The predicted octanol–water partition coefficient (Wildman–Crippen LogP) is 2.51. The van der Waals surface area contributed by atoms with Gasteiger partial charge in [0.15, 0.2) is 5.82 Å². The normalized spacial score (nSPS) is 17.9. The quantitative estimate of drug-likeness (QED) is 0.746. The molecule has 0 bridgehead atoms. The van der Waals surface area contributed by atoms with Crippen molar-refractivity contribution in [2.75, 3.05) is 0 Å². The minimum atomic E-state index is -0.218. The van der Waals surface area contributed by atoms with E-state index in [1.165, 1.54) is 6.07 Å². The second-order valence-electron chi connectivity index (χ2n) is 5.49. The third-order valence-electron chi connectivity index (χ3n) is 4.09. The van der Waals surface area contributed by atoms with E-state index in [2.05, 4.69) is 14.8 Å². The first kappa shape index (κ1) is 12.5. The summed E-state index contributed by atoms with van der Waals surface area (Å²) < 4.78 is 16.0. The summed E-state index contributed by atoms with van der Waals surface area (Å²) in [4.78, 5) is 0. The molecule has 0 saturated carbocycles. The molecule has 0 amide bonds. The first-order valence-corrected chi connectivity index (χ1v) is 7.09. The van der Waals surface area contributed by atoms with E-state index < -0.39 is 0 Å². The van der Waals surface area contributed by atoms with Crippen molar-refractivity contribution in [3.63, 3.8) is 0 Å². The van der Waals surface area contributed by atoms with Crippen LogP contribution >= 0.6 is 0 Å². The van der Waals surface area contributed by atoms with E-state index in [-0.39, 0.29) is 11.9 Å². The Kier molecular flexibility index (Phi) is 2.75. The van der Waals surface area contributed by atoms with Crippen LogP contribution in [-0.2, 0) is 13.0 Å². The van der Waals surface area contributed by atoms with Gasteiger partial charge >= 0.3 is 0 Å². The number of nitrogens with zero attached hydrogens (tertiary/aromatic N) is 3. The minimum Gasteiger partial charge on any atom is -0.326 e. The van der Waals surface area contributed by atoms with Gasteiger partial charge in [-0.25, -0.2) is 4.39 Å². The minimum absolute atomic E-state index is 0.124. The van der Waals surface area contributed by atoms with Crippen molar-refractivity contribution in [2.45, 2.75) is 25.4 Å². The molecule has 1 atom stereocenters. The van der Waals surface area contributed by atoms with E-state index in [0.29, 0.717) is 11.9 Å². The van der Waals surface area contributed by atoms with E-state index in [9.17, 15) is 4.39 Å². The molecule has 4 nitrogen and oxygen atoms in total. The van der Waals surface area contributed by atoms with Crippen LogP contribution in [-0.4, -0.2) is 20.8 Å². The van der Waals surface area contributed by atoms with Crippen LogP contribution in [0.5, 0.6) is 0 Å². The molecule has 0 spiro atoms. The molecule has 2 aromatic carbocycles. The fourth-order valence-corrected chi connectivity index (χ4v) is 3.01. The number of hydrogen-bond acceptors (Lipinski definition) is 3. The molecule has 0 radical (unpaired) electrons. The van der Waals surface area contributed by atoms with Crippen LogP contribution in [0, 0.1) is 5.82 Å². The highest BCUT2D eigenvalue weighted by atomic mass is 19.1. The van der Waals surface area contributed by atoms with Gasteiger partial charge < -0.3 is 10.3 Å². The van der Waals surface area contributed by atoms with E-state index in [0.717, 1.165) is 35.4 Å². The largest absolute Gasteiger partial charge is 0.326 e. The number of nitrogens with two attached hydrogens (primary N) is 1. The van der Waals surface area contributed by atoms with Crippen molar-refractivity contribution in [1.82, 2.24) is 14.8 Å². The molecule has 2 heterocycles. The first-order valence-electron chi connectivity index (χ1n) is 7.09. The van der Waals surface area contributed by atoms with Crippen LogP contribution in [0.1, 0.15) is 12.2 Å². The van der Waals surface area contributed by atoms with Crippen LogP contribution in [0.15, 0.2) is 36.4 Å². The highest BCUT2D eigenvalue weighted by Gasteiger charge is 2.22. The molecule has 1 aromatic heterocycles. The Morgan fingerprint density at radius 2 is 1.90 bits per heavy atom. The summed E-state index contributed by atoms with van der Waals surface area (Å²) >= 11 is 0. The molecule has 106 valence electrons. The van der Waals surface area contributed by atoms with Crippen molar-refractivity contribution < 1.29 is 4.39 Å². The van der Waals surface area contributed by atoms with Gasteiger partial charge in [-0.05, 0) is 23.9 Å². The molecule has 1 unspecified atom stereocenters. The van der Waals surface area contributed by atoms with Crippen LogP contribution < -0.4 is 5.73 Å². The van der Waals surface area contributed by atoms with Gasteiger partial charge in [0.25, 0.3) is 0 Å². The Morgan fingerprint density at radius 1 is 1.10 bits per heavy atom. The zero-order chi connectivity index (χ0) is 14.4. The van der Waals surface area contributed by atoms with Gasteiger partial charge in [0.05, 0.1) is 0 Å². The summed E-state index contributed by atoms with van der Waals surface area (Å²) in [6.07, 6.45) is 1.77. The summed E-state index contributed by atoms with van der Waals surface area (Å²) in [5.74, 6) is 1.51. The smallest absolute Gasteiger partial charge is 0.164 e. The third kappa shape index (κ3) is 1.93. The lowest BCUT2D eigenvalue weighted by molar-refractivity contribution is 0.456. The van der Waals surface area contributed by atoms with Crippen LogP contribution in [0.3, 0.4) is 0 Å². The molecule has 2 N–H and O–H groups in total. The number of rotatable bonds is 1. The molecule has 0 aliphatic carbocycles. The third-order valence-corrected chi connectivity index (χ3v) is 4.09. The maximum absolute atomic E-state index is 13.9. The summed E-state index contributed by atoms with van der Waals surface area (Å²) in [6.45, 7) is 0.712. The summed E-state index contributed by atoms with van der Waals surface area (Å²) in [5.41, 5.74) is 6.96. The highest BCUT2D eigenvalue weighted by Crippen LogP contribution is 2.30. The van der Waals surface area contributed by atoms with Gasteiger partial charge in [0.2, 0.25) is 0 Å². The second kappa shape index (κ2) is 4.63. The van der Waals surface area contributed by atoms with Crippen molar-refractivity contribution in [1.29, 1.82) is 0 Å². The molecule has 4 rings (SSSR count).